The molecule has 1 fully saturated rings. The van der Waals surface area contributed by atoms with Crippen molar-refractivity contribution in [1.82, 2.24) is 9.62 Å². The average molecular weight is 298 g/mol. The van der Waals surface area contributed by atoms with E-state index in [2.05, 4.69) is 16.5 Å². The number of hydrogen-bond donors (Lipinski definition) is 1. The highest BCUT2D eigenvalue weighted by atomic mass is 32.2. The van der Waals surface area contributed by atoms with Crippen LogP contribution in [0.3, 0.4) is 0 Å². The monoisotopic (exact) mass is 298 g/mol. The Labute approximate surface area is 121 Å². The fourth-order valence-corrected chi connectivity index (χ4v) is 3.41. The molecule has 6 heteroatoms. The highest BCUT2D eigenvalue weighted by Crippen LogP contribution is 2.08. The Hall–Kier alpha value is -0.950. The van der Waals surface area contributed by atoms with Gasteiger partial charge in [0.25, 0.3) is 0 Å². The Morgan fingerprint density at radius 1 is 1.25 bits per heavy atom. The zero-order valence-corrected chi connectivity index (χ0v) is 12.6. The van der Waals surface area contributed by atoms with Crippen molar-refractivity contribution in [3.63, 3.8) is 0 Å². The highest BCUT2D eigenvalue weighted by molar-refractivity contribution is 7.89. The molecule has 1 aliphatic heterocycles. The van der Waals surface area contributed by atoms with Crippen LogP contribution < -0.4 is 4.72 Å². The first-order chi connectivity index (χ1) is 9.58. The molecule has 0 saturated carbocycles. The molecule has 1 atom stereocenters. The van der Waals surface area contributed by atoms with E-state index >= 15 is 0 Å². The van der Waals surface area contributed by atoms with Crippen LogP contribution >= 0.6 is 0 Å². The van der Waals surface area contributed by atoms with Gasteiger partial charge in [-0.1, -0.05) is 25.1 Å². The standard InChI is InChI=1S/C14H22N2O3S/c1-13(12-16-7-9-19-10-8-16)11-15-20(17,18)14-5-3-2-4-6-14/h2-6,13,15H,7-12H2,1H3. The summed E-state index contributed by atoms with van der Waals surface area (Å²) in [5.41, 5.74) is 0. The lowest BCUT2D eigenvalue weighted by Crippen LogP contribution is -2.41. The lowest BCUT2D eigenvalue weighted by Gasteiger charge is -2.29. The quantitative estimate of drug-likeness (QED) is 0.849. The van der Waals surface area contributed by atoms with Crippen LogP contribution in [-0.4, -0.2) is 52.7 Å². The number of rotatable bonds is 6. The number of nitrogens with one attached hydrogen (secondary N) is 1. The summed E-state index contributed by atoms with van der Waals surface area (Å²) in [6.45, 7) is 6.79. The van der Waals surface area contributed by atoms with E-state index < -0.39 is 10.0 Å². The van der Waals surface area contributed by atoms with Crippen LogP contribution in [0.25, 0.3) is 0 Å². The highest BCUT2D eigenvalue weighted by Gasteiger charge is 2.17. The maximum Gasteiger partial charge on any atom is 0.240 e. The summed E-state index contributed by atoms with van der Waals surface area (Å²) in [5, 5.41) is 0. The predicted molar refractivity (Wildman–Crippen MR) is 78.1 cm³/mol. The average Bonchev–Trinajstić information content (AvgIpc) is 2.47. The fourth-order valence-electron chi connectivity index (χ4n) is 2.22. The van der Waals surface area contributed by atoms with Gasteiger partial charge in [0, 0.05) is 26.2 Å². The Morgan fingerprint density at radius 3 is 2.55 bits per heavy atom. The number of sulfonamides is 1. The van der Waals surface area contributed by atoms with E-state index in [-0.39, 0.29) is 5.92 Å². The lowest BCUT2D eigenvalue weighted by atomic mass is 10.1. The number of morpholine rings is 1. The zero-order valence-electron chi connectivity index (χ0n) is 11.8. The zero-order chi connectivity index (χ0) is 14.4. The minimum Gasteiger partial charge on any atom is -0.379 e. The molecule has 1 heterocycles. The first-order valence-corrected chi connectivity index (χ1v) is 8.41. The Bertz CT molecular complexity index is 498. The maximum absolute atomic E-state index is 12.1. The number of ether oxygens (including phenoxy) is 1. The van der Waals surface area contributed by atoms with Crippen molar-refractivity contribution < 1.29 is 13.2 Å². The van der Waals surface area contributed by atoms with E-state index in [0.717, 1.165) is 32.8 Å². The number of nitrogens with zero attached hydrogens (tertiary/aromatic N) is 1. The van der Waals surface area contributed by atoms with E-state index in [1.54, 1.807) is 30.3 Å². The molecule has 1 aliphatic rings. The van der Waals surface area contributed by atoms with Gasteiger partial charge in [0.2, 0.25) is 10.0 Å². The molecule has 0 aliphatic carbocycles. The second-order valence-electron chi connectivity index (χ2n) is 5.18. The van der Waals surface area contributed by atoms with Crippen molar-refractivity contribution in [2.75, 3.05) is 39.4 Å². The second kappa shape index (κ2) is 7.17. The van der Waals surface area contributed by atoms with E-state index in [9.17, 15) is 8.42 Å². The molecule has 1 N–H and O–H groups in total. The van der Waals surface area contributed by atoms with Crippen LogP contribution in [0, 0.1) is 5.92 Å². The molecule has 1 aromatic rings. The van der Waals surface area contributed by atoms with Crippen LogP contribution in [0.1, 0.15) is 6.92 Å². The second-order valence-corrected chi connectivity index (χ2v) is 6.95. The van der Waals surface area contributed by atoms with Crippen LogP contribution in [0.5, 0.6) is 0 Å². The predicted octanol–water partition coefficient (Wildman–Crippen LogP) is 0.933. The first-order valence-electron chi connectivity index (χ1n) is 6.93. The van der Waals surface area contributed by atoms with Gasteiger partial charge in [-0.15, -0.1) is 0 Å². The molecule has 1 saturated heterocycles. The first kappa shape index (κ1) is 15.4. The van der Waals surface area contributed by atoms with E-state index in [4.69, 9.17) is 4.74 Å². The van der Waals surface area contributed by atoms with Crippen molar-refractivity contribution in [1.29, 1.82) is 0 Å². The van der Waals surface area contributed by atoms with Crippen molar-refractivity contribution in [3.05, 3.63) is 30.3 Å². The van der Waals surface area contributed by atoms with Crippen molar-refractivity contribution >= 4 is 10.0 Å². The fraction of sp³-hybridized carbons (Fsp3) is 0.571. The SMILES string of the molecule is CC(CNS(=O)(=O)c1ccccc1)CN1CCOCC1. The Morgan fingerprint density at radius 2 is 1.90 bits per heavy atom. The van der Waals surface area contributed by atoms with Gasteiger partial charge < -0.3 is 4.74 Å². The van der Waals surface area contributed by atoms with Crippen LogP contribution in [0.4, 0.5) is 0 Å². The summed E-state index contributed by atoms with van der Waals surface area (Å²) in [5.74, 6) is 0.270. The van der Waals surface area contributed by atoms with Gasteiger partial charge in [0.15, 0.2) is 0 Å². The maximum atomic E-state index is 12.1. The van der Waals surface area contributed by atoms with Gasteiger partial charge >= 0.3 is 0 Å². The molecule has 112 valence electrons. The molecule has 0 aromatic heterocycles. The van der Waals surface area contributed by atoms with Gasteiger partial charge in [-0.3, -0.25) is 4.90 Å². The summed E-state index contributed by atoms with van der Waals surface area (Å²) in [6.07, 6.45) is 0. The molecule has 1 aromatic carbocycles. The minimum atomic E-state index is -3.39. The molecule has 5 nitrogen and oxygen atoms in total. The van der Waals surface area contributed by atoms with Crippen molar-refractivity contribution in [3.8, 4) is 0 Å². The summed E-state index contributed by atoms with van der Waals surface area (Å²) in [7, 11) is -3.39. The molecule has 0 bridgehead atoms. The smallest absolute Gasteiger partial charge is 0.240 e. The summed E-state index contributed by atoms with van der Waals surface area (Å²) >= 11 is 0. The summed E-state index contributed by atoms with van der Waals surface area (Å²) in [6, 6.07) is 8.47. The third kappa shape index (κ3) is 4.56. The number of hydrogen-bond acceptors (Lipinski definition) is 4. The van der Waals surface area contributed by atoms with Crippen LogP contribution in [0.15, 0.2) is 35.2 Å². The van der Waals surface area contributed by atoms with E-state index in [1.165, 1.54) is 0 Å². The van der Waals surface area contributed by atoms with Crippen molar-refractivity contribution in [2.24, 2.45) is 5.92 Å². The molecule has 0 spiro atoms. The van der Waals surface area contributed by atoms with Crippen LogP contribution in [-0.2, 0) is 14.8 Å². The lowest BCUT2D eigenvalue weighted by molar-refractivity contribution is 0.0321. The van der Waals surface area contributed by atoms with Gasteiger partial charge in [-0.05, 0) is 18.1 Å². The minimum absolute atomic E-state index is 0.270. The molecule has 1 unspecified atom stereocenters. The van der Waals surface area contributed by atoms with E-state index in [0.29, 0.717) is 11.4 Å². The van der Waals surface area contributed by atoms with Crippen LogP contribution in [0.2, 0.25) is 0 Å². The van der Waals surface area contributed by atoms with Crippen molar-refractivity contribution in [2.45, 2.75) is 11.8 Å². The molecular formula is C14H22N2O3S. The topological polar surface area (TPSA) is 58.6 Å². The van der Waals surface area contributed by atoms with Gasteiger partial charge in [-0.25, -0.2) is 13.1 Å². The summed E-state index contributed by atoms with van der Waals surface area (Å²) in [4.78, 5) is 2.63. The molecule has 2 rings (SSSR count). The summed E-state index contributed by atoms with van der Waals surface area (Å²) < 4.78 is 32.1. The molecular weight excluding hydrogens is 276 g/mol. The normalized spacial score (nSPS) is 18.9. The third-order valence-corrected chi connectivity index (χ3v) is 4.79. The third-order valence-electron chi connectivity index (χ3n) is 3.35. The molecule has 20 heavy (non-hydrogen) atoms. The molecule has 0 radical (unpaired) electrons. The van der Waals surface area contributed by atoms with Gasteiger partial charge in [0.05, 0.1) is 18.1 Å². The van der Waals surface area contributed by atoms with Gasteiger partial charge in [0.1, 0.15) is 0 Å². The van der Waals surface area contributed by atoms with Gasteiger partial charge in [-0.2, -0.15) is 0 Å². The number of benzene rings is 1. The molecule has 0 amide bonds. The Kier molecular flexibility index (Phi) is 5.54. The Balaban J connectivity index is 1.82. The largest absolute Gasteiger partial charge is 0.379 e. The van der Waals surface area contributed by atoms with E-state index in [1.807, 2.05) is 0 Å².